The summed E-state index contributed by atoms with van der Waals surface area (Å²) in [5.41, 5.74) is 0.214. The number of ether oxygens (including phenoxy) is 1. The van der Waals surface area contributed by atoms with Gasteiger partial charge in [0.05, 0.1) is 24.1 Å². The van der Waals surface area contributed by atoms with Crippen LogP contribution >= 0.6 is 11.6 Å². The lowest BCUT2D eigenvalue weighted by molar-refractivity contribution is 0.101. The number of halogens is 1. The molecule has 0 heterocycles. The predicted octanol–water partition coefficient (Wildman–Crippen LogP) is 1.69. The molecular formula is C10H8ClNO3. The second kappa shape index (κ2) is 4.67. The molecule has 0 bridgehead atoms. The molecule has 0 aliphatic heterocycles. The highest BCUT2D eigenvalue weighted by atomic mass is 35.5. The van der Waals surface area contributed by atoms with Crippen molar-refractivity contribution >= 4 is 17.4 Å². The average Bonchev–Trinajstić information content (AvgIpc) is 2.27. The lowest BCUT2D eigenvalue weighted by atomic mass is 10.1. The van der Waals surface area contributed by atoms with Crippen LogP contribution in [0.4, 0.5) is 0 Å². The zero-order chi connectivity index (χ0) is 11.4. The van der Waals surface area contributed by atoms with Crippen molar-refractivity contribution in [3.8, 4) is 17.6 Å². The number of nitrogens with zero attached hydrogens (tertiary/aromatic N) is 1. The molecule has 0 amide bonds. The number of carbonyl (C=O) groups is 1. The summed E-state index contributed by atoms with van der Waals surface area (Å²) in [6, 6.07) is 4.25. The first-order valence-electron chi connectivity index (χ1n) is 4.04. The second-order valence-corrected chi connectivity index (χ2v) is 3.01. The van der Waals surface area contributed by atoms with E-state index >= 15 is 0 Å². The van der Waals surface area contributed by atoms with Gasteiger partial charge in [-0.2, -0.15) is 5.26 Å². The second-order valence-electron chi connectivity index (χ2n) is 2.74. The molecule has 1 aromatic carbocycles. The third kappa shape index (κ3) is 2.20. The predicted molar refractivity (Wildman–Crippen MR) is 54.4 cm³/mol. The number of nitriles is 1. The SMILES string of the molecule is COc1cc(O)c(C#N)cc1C(=O)CCl. The Balaban J connectivity index is 3.36. The van der Waals surface area contributed by atoms with Gasteiger partial charge in [0, 0.05) is 6.07 Å². The zero-order valence-corrected chi connectivity index (χ0v) is 8.71. The Morgan fingerprint density at radius 1 is 1.67 bits per heavy atom. The van der Waals surface area contributed by atoms with Gasteiger partial charge in [0.2, 0.25) is 0 Å². The molecule has 0 aromatic heterocycles. The van der Waals surface area contributed by atoms with E-state index in [9.17, 15) is 9.90 Å². The van der Waals surface area contributed by atoms with E-state index in [-0.39, 0.29) is 34.3 Å². The van der Waals surface area contributed by atoms with Gasteiger partial charge in [-0.25, -0.2) is 0 Å². The minimum atomic E-state index is -0.356. The van der Waals surface area contributed by atoms with Crippen molar-refractivity contribution in [2.45, 2.75) is 0 Å². The number of benzene rings is 1. The molecule has 15 heavy (non-hydrogen) atoms. The average molecular weight is 226 g/mol. The summed E-state index contributed by atoms with van der Waals surface area (Å²) >= 11 is 5.40. The molecule has 0 saturated heterocycles. The topological polar surface area (TPSA) is 70.3 Å². The maximum atomic E-state index is 11.4. The first kappa shape index (κ1) is 11.3. The number of aromatic hydroxyl groups is 1. The highest BCUT2D eigenvalue weighted by Crippen LogP contribution is 2.28. The van der Waals surface area contributed by atoms with Crippen LogP contribution < -0.4 is 4.74 Å². The zero-order valence-electron chi connectivity index (χ0n) is 7.95. The maximum Gasteiger partial charge on any atom is 0.181 e. The molecule has 78 valence electrons. The molecule has 0 aliphatic rings. The van der Waals surface area contributed by atoms with Crippen LogP contribution in [0.25, 0.3) is 0 Å². The van der Waals surface area contributed by atoms with Crippen LogP contribution in [-0.4, -0.2) is 23.9 Å². The van der Waals surface area contributed by atoms with Crippen molar-refractivity contribution < 1.29 is 14.6 Å². The molecule has 5 heteroatoms. The van der Waals surface area contributed by atoms with E-state index in [4.69, 9.17) is 21.6 Å². The number of hydrogen-bond donors (Lipinski definition) is 1. The summed E-state index contributed by atoms with van der Waals surface area (Å²) in [6.07, 6.45) is 0. The van der Waals surface area contributed by atoms with Crippen LogP contribution in [0.1, 0.15) is 15.9 Å². The van der Waals surface area contributed by atoms with Crippen molar-refractivity contribution in [1.29, 1.82) is 5.26 Å². The Kier molecular flexibility index (Phi) is 3.53. The molecule has 0 aliphatic carbocycles. The molecule has 0 spiro atoms. The smallest absolute Gasteiger partial charge is 0.181 e. The van der Waals surface area contributed by atoms with E-state index in [2.05, 4.69) is 0 Å². The molecular weight excluding hydrogens is 218 g/mol. The van der Waals surface area contributed by atoms with Gasteiger partial charge in [0.25, 0.3) is 0 Å². The standard InChI is InChI=1S/C10H8ClNO3/c1-15-10-3-8(13)6(5-12)2-7(10)9(14)4-11/h2-3,13H,4H2,1H3. The third-order valence-electron chi connectivity index (χ3n) is 1.86. The summed E-state index contributed by atoms with van der Waals surface area (Å²) in [5.74, 6) is -0.575. The number of ketones is 1. The van der Waals surface area contributed by atoms with Crippen molar-refractivity contribution in [1.82, 2.24) is 0 Å². The Bertz CT molecular complexity index is 437. The lowest BCUT2D eigenvalue weighted by Crippen LogP contribution is -2.04. The van der Waals surface area contributed by atoms with Crippen LogP contribution in [-0.2, 0) is 0 Å². The Hall–Kier alpha value is -1.73. The molecule has 0 atom stereocenters. The van der Waals surface area contributed by atoms with E-state index in [0.717, 1.165) is 0 Å². The molecule has 0 unspecified atom stereocenters. The molecule has 0 radical (unpaired) electrons. The minimum absolute atomic E-state index is 0.0178. The van der Waals surface area contributed by atoms with Crippen LogP contribution in [0.5, 0.6) is 11.5 Å². The fraction of sp³-hybridized carbons (Fsp3) is 0.200. The molecule has 1 rings (SSSR count). The van der Waals surface area contributed by atoms with Crippen molar-refractivity contribution in [3.63, 3.8) is 0 Å². The number of methoxy groups -OCH3 is 1. The summed E-state index contributed by atoms with van der Waals surface area (Å²) in [7, 11) is 1.37. The molecule has 4 nitrogen and oxygen atoms in total. The van der Waals surface area contributed by atoms with E-state index in [1.54, 1.807) is 6.07 Å². The maximum absolute atomic E-state index is 11.4. The van der Waals surface area contributed by atoms with Gasteiger partial charge in [-0.3, -0.25) is 4.79 Å². The fourth-order valence-corrected chi connectivity index (χ4v) is 1.26. The number of carbonyl (C=O) groups excluding carboxylic acids is 1. The number of alkyl halides is 1. The van der Waals surface area contributed by atoms with E-state index in [1.165, 1.54) is 19.2 Å². The Labute approximate surface area is 91.7 Å². The Morgan fingerprint density at radius 3 is 2.80 bits per heavy atom. The number of phenolic OH excluding ortho intramolecular Hbond substituents is 1. The minimum Gasteiger partial charge on any atom is -0.506 e. The summed E-state index contributed by atoms with van der Waals surface area (Å²) < 4.78 is 4.90. The summed E-state index contributed by atoms with van der Waals surface area (Å²) in [5, 5.41) is 18.0. The van der Waals surface area contributed by atoms with Crippen LogP contribution in [0.15, 0.2) is 12.1 Å². The van der Waals surface area contributed by atoms with Gasteiger partial charge < -0.3 is 9.84 Å². The van der Waals surface area contributed by atoms with Gasteiger partial charge in [-0.05, 0) is 6.07 Å². The highest BCUT2D eigenvalue weighted by Gasteiger charge is 2.15. The van der Waals surface area contributed by atoms with Crippen molar-refractivity contribution in [3.05, 3.63) is 23.3 Å². The molecule has 0 saturated carbocycles. The quantitative estimate of drug-likeness (QED) is 0.628. The monoisotopic (exact) mass is 225 g/mol. The third-order valence-corrected chi connectivity index (χ3v) is 2.10. The first-order valence-corrected chi connectivity index (χ1v) is 4.57. The number of Topliss-reactive ketones (excluding diaryl/α,β-unsaturated/α-hetero) is 1. The molecule has 1 N–H and O–H groups in total. The molecule has 0 fully saturated rings. The summed E-state index contributed by atoms with van der Waals surface area (Å²) in [4.78, 5) is 11.4. The van der Waals surface area contributed by atoms with Gasteiger partial charge >= 0.3 is 0 Å². The van der Waals surface area contributed by atoms with Crippen LogP contribution in [0.2, 0.25) is 0 Å². The normalized spacial score (nSPS) is 9.40. The lowest BCUT2D eigenvalue weighted by Gasteiger charge is -2.07. The van der Waals surface area contributed by atoms with E-state index in [0.29, 0.717) is 0 Å². The van der Waals surface area contributed by atoms with E-state index in [1.807, 2.05) is 0 Å². The first-order chi connectivity index (χ1) is 7.13. The van der Waals surface area contributed by atoms with Crippen LogP contribution in [0.3, 0.4) is 0 Å². The Morgan fingerprint density at radius 2 is 2.33 bits per heavy atom. The van der Waals surface area contributed by atoms with Crippen molar-refractivity contribution in [2.24, 2.45) is 0 Å². The van der Waals surface area contributed by atoms with Gasteiger partial charge in [0.15, 0.2) is 5.78 Å². The fourth-order valence-electron chi connectivity index (χ4n) is 1.12. The van der Waals surface area contributed by atoms with E-state index < -0.39 is 0 Å². The van der Waals surface area contributed by atoms with Crippen LogP contribution in [0, 0.1) is 11.3 Å². The summed E-state index contributed by atoms with van der Waals surface area (Å²) in [6.45, 7) is 0. The van der Waals surface area contributed by atoms with Crippen molar-refractivity contribution in [2.75, 3.05) is 13.0 Å². The molecule has 1 aromatic rings. The largest absolute Gasteiger partial charge is 0.506 e. The number of phenols is 1. The highest BCUT2D eigenvalue weighted by molar-refractivity contribution is 6.30. The number of rotatable bonds is 3. The van der Waals surface area contributed by atoms with Gasteiger partial charge in [-0.1, -0.05) is 0 Å². The van der Waals surface area contributed by atoms with Gasteiger partial charge in [0.1, 0.15) is 17.6 Å². The van der Waals surface area contributed by atoms with Gasteiger partial charge in [-0.15, -0.1) is 11.6 Å². The number of hydrogen-bond acceptors (Lipinski definition) is 4.